The SMILES string of the molecule is CCOC(=O)c1ccn2c(C)nc(-c3ccc(F)c(OC)c3)nc12. The minimum atomic E-state index is -0.464. The van der Waals surface area contributed by atoms with E-state index in [9.17, 15) is 9.18 Å². The number of ether oxygens (including phenoxy) is 2. The Bertz CT molecular complexity index is 921. The summed E-state index contributed by atoms with van der Waals surface area (Å²) >= 11 is 0. The first-order chi connectivity index (χ1) is 11.5. The minimum Gasteiger partial charge on any atom is -0.494 e. The summed E-state index contributed by atoms with van der Waals surface area (Å²) in [6.45, 7) is 3.82. The molecule has 0 aliphatic rings. The average Bonchev–Trinajstić information content (AvgIpc) is 3.00. The number of hydrogen-bond acceptors (Lipinski definition) is 5. The van der Waals surface area contributed by atoms with E-state index < -0.39 is 11.8 Å². The standard InChI is InChI=1S/C17H16FN3O3/c1-4-24-17(22)12-7-8-21-10(2)19-15(20-16(12)21)11-5-6-13(18)14(9-11)23-3/h5-9H,4H2,1-3H3. The van der Waals surface area contributed by atoms with Gasteiger partial charge < -0.3 is 9.47 Å². The molecule has 0 aliphatic heterocycles. The Morgan fingerprint density at radius 1 is 1.29 bits per heavy atom. The molecule has 0 spiro atoms. The molecule has 7 heteroatoms. The Morgan fingerprint density at radius 2 is 2.08 bits per heavy atom. The van der Waals surface area contributed by atoms with Crippen LogP contribution < -0.4 is 4.74 Å². The van der Waals surface area contributed by atoms with Crippen molar-refractivity contribution in [2.75, 3.05) is 13.7 Å². The molecule has 0 N–H and O–H groups in total. The van der Waals surface area contributed by atoms with Crippen molar-refractivity contribution in [1.29, 1.82) is 0 Å². The molecule has 0 radical (unpaired) electrons. The average molecular weight is 329 g/mol. The smallest absolute Gasteiger partial charge is 0.341 e. The van der Waals surface area contributed by atoms with Crippen molar-refractivity contribution in [2.45, 2.75) is 13.8 Å². The van der Waals surface area contributed by atoms with E-state index in [1.54, 1.807) is 36.6 Å². The number of rotatable bonds is 4. The van der Waals surface area contributed by atoms with Crippen molar-refractivity contribution >= 4 is 11.6 Å². The van der Waals surface area contributed by atoms with Crippen LogP contribution in [0.3, 0.4) is 0 Å². The van der Waals surface area contributed by atoms with Gasteiger partial charge in [0.1, 0.15) is 11.4 Å². The van der Waals surface area contributed by atoms with Gasteiger partial charge in [0.2, 0.25) is 0 Å². The highest BCUT2D eigenvalue weighted by atomic mass is 19.1. The van der Waals surface area contributed by atoms with Crippen molar-refractivity contribution in [2.24, 2.45) is 0 Å². The molecule has 24 heavy (non-hydrogen) atoms. The Morgan fingerprint density at radius 3 is 2.79 bits per heavy atom. The van der Waals surface area contributed by atoms with E-state index >= 15 is 0 Å². The zero-order chi connectivity index (χ0) is 17.3. The Balaban J connectivity index is 2.16. The lowest BCUT2D eigenvalue weighted by molar-refractivity contribution is 0.0528. The number of carbonyl (C=O) groups excluding carboxylic acids is 1. The van der Waals surface area contributed by atoms with Crippen molar-refractivity contribution in [3.05, 3.63) is 47.7 Å². The van der Waals surface area contributed by atoms with Crippen molar-refractivity contribution in [1.82, 2.24) is 14.4 Å². The zero-order valence-corrected chi connectivity index (χ0v) is 13.5. The summed E-state index contributed by atoms with van der Waals surface area (Å²) in [5.41, 5.74) is 1.40. The molecule has 2 heterocycles. The molecule has 0 amide bonds. The minimum absolute atomic E-state index is 0.106. The number of halogens is 1. The summed E-state index contributed by atoms with van der Waals surface area (Å²) in [7, 11) is 1.39. The molecule has 3 aromatic rings. The van der Waals surface area contributed by atoms with Crippen LogP contribution in [0.15, 0.2) is 30.5 Å². The number of aromatic nitrogens is 3. The van der Waals surface area contributed by atoms with Gasteiger partial charge in [0, 0.05) is 11.8 Å². The van der Waals surface area contributed by atoms with Gasteiger partial charge in [-0.3, -0.25) is 4.40 Å². The van der Waals surface area contributed by atoms with Crippen LogP contribution in [0, 0.1) is 12.7 Å². The zero-order valence-electron chi connectivity index (χ0n) is 13.5. The quantitative estimate of drug-likeness (QED) is 0.688. The fourth-order valence-electron chi connectivity index (χ4n) is 2.43. The van der Waals surface area contributed by atoms with Crippen molar-refractivity contribution in [3.63, 3.8) is 0 Å². The summed E-state index contributed by atoms with van der Waals surface area (Å²) in [5, 5.41) is 0. The Kier molecular flexibility index (Phi) is 4.16. The Hall–Kier alpha value is -2.96. The van der Waals surface area contributed by atoms with Crippen LogP contribution in [0.4, 0.5) is 4.39 Å². The van der Waals surface area contributed by atoms with Gasteiger partial charge in [-0.2, -0.15) is 0 Å². The summed E-state index contributed by atoms with van der Waals surface area (Å²) < 4.78 is 25.3. The highest BCUT2D eigenvalue weighted by Gasteiger charge is 2.17. The second-order valence-corrected chi connectivity index (χ2v) is 5.09. The first-order valence-electron chi connectivity index (χ1n) is 7.42. The highest BCUT2D eigenvalue weighted by Crippen LogP contribution is 2.25. The van der Waals surface area contributed by atoms with Gasteiger partial charge in [-0.25, -0.2) is 19.2 Å². The van der Waals surface area contributed by atoms with Crippen LogP contribution in [0.5, 0.6) is 5.75 Å². The van der Waals surface area contributed by atoms with Crippen molar-refractivity contribution in [3.8, 4) is 17.1 Å². The monoisotopic (exact) mass is 329 g/mol. The van der Waals surface area contributed by atoms with E-state index in [4.69, 9.17) is 9.47 Å². The lowest BCUT2D eigenvalue weighted by Crippen LogP contribution is -2.07. The molecular weight excluding hydrogens is 313 g/mol. The lowest BCUT2D eigenvalue weighted by Gasteiger charge is -2.08. The van der Waals surface area contributed by atoms with Crippen LogP contribution in [0.2, 0.25) is 0 Å². The number of fused-ring (bicyclic) bond motifs is 1. The van der Waals surface area contributed by atoms with E-state index in [1.165, 1.54) is 19.2 Å². The van der Waals surface area contributed by atoms with Crippen molar-refractivity contribution < 1.29 is 18.7 Å². The lowest BCUT2D eigenvalue weighted by atomic mass is 10.2. The molecule has 6 nitrogen and oxygen atoms in total. The number of benzene rings is 1. The summed E-state index contributed by atoms with van der Waals surface area (Å²) in [4.78, 5) is 20.9. The molecule has 0 fully saturated rings. The van der Waals surface area contributed by atoms with Gasteiger partial charge in [0.05, 0.1) is 13.7 Å². The second-order valence-electron chi connectivity index (χ2n) is 5.09. The molecule has 0 aliphatic carbocycles. The van der Waals surface area contributed by atoms with E-state index in [2.05, 4.69) is 9.97 Å². The number of esters is 1. The topological polar surface area (TPSA) is 65.7 Å². The van der Waals surface area contributed by atoms with E-state index in [1.807, 2.05) is 0 Å². The van der Waals surface area contributed by atoms with Gasteiger partial charge in [0.25, 0.3) is 0 Å². The summed E-state index contributed by atoms with van der Waals surface area (Å²) in [6, 6.07) is 6.02. The largest absolute Gasteiger partial charge is 0.494 e. The molecule has 1 aromatic carbocycles. The van der Waals surface area contributed by atoms with Gasteiger partial charge in [-0.15, -0.1) is 0 Å². The molecule has 2 aromatic heterocycles. The number of nitrogens with zero attached hydrogens (tertiary/aromatic N) is 3. The predicted molar refractivity (Wildman–Crippen MR) is 85.6 cm³/mol. The molecule has 0 bridgehead atoms. The highest BCUT2D eigenvalue weighted by molar-refractivity contribution is 5.96. The number of hydrogen-bond donors (Lipinski definition) is 0. The maximum atomic E-state index is 13.6. The molecule has 0 unspecified atom stereocenters. The third-order valence-electron chi connectivity index (χ3n) is 3.59. The first-order valence-corrected chi connectivity index (χ1v) is 7.42. The summed E-state index contributed by atoms with van der Waals surface area (Å²) in [5.74, 6) is 0.223. The first kappa shape index (κ1) is 15.9. The number of methoxy groups -OCH3 is 1. The Labute approximate surface area is 137 Å². The van der Waals surface area contributed by atoms with E-state index in [0.29, 0.717) is 28.4 Å². The molecule has 124 valence electrons. The van der Waals surface area contributed by atoms with Crippen LogP contribution in [-0.2, 0) is 4.74 Å². The normalized spacial score (nSPS) is 10.8. The fraction of sp³-hybridized carbons (Fsp3) is 0.235. The molecule has 0 saturated carbocycles. The van der Waals surface area contributed by atoms with Crippen LogP contribution >= 0.6 is 0 Å². The van der Waals surface area contributed by atoms with Gasteiger partial charge in [0.15, 0.2) is 23.0 Å². The predicted octanol–water partition coefficient (Wildman–Crippen LogP) is 3.03. The molecular formula is C17H16FN3O3. The fourth-order valence-corrected chi connectivity index (χ4v) is 2.43. The maximum Gasteiger partial charge on any atom is 0.341 e. The number of aryl methyl sites for hydroxylation is 1. The molecule has 0 saturated heterocycles. The summed E-state index contributed by atoms with van der Waals surface area (Å²) in [6.07, 6.45) is 1.71. The third-order valence-corrected chi connectivity index (χ3v) is 3.59. The number of carbonyl (C=O) groups is 1. The van der Waals surface area contributed by atoms with E-state index in [0.717, 1.165) is 0 Å². The van der Waals surface area contributed by atoms with E-state index in [-0.39, 0.29) is 12.4 Å². The van der Waals surface area contributed by atoms with Crippen LogP contribution in [0.25, 0.3) is 17.0 Å². The maximum absolute atomic E-state index is 13.6. The third kappa shape index (κ3) is 2.68. The van der Waals surface area contributed by atoms with Gasteiger partial charge >= 0.3 is 5.97 Å². The molecule has 0 atom stereocenters. The van der Waals surface area contributed by atoms with Gasteiger partial charge in [-0.05, 0) is 38.1 Å². The van der Waals surface area contributed by atoms with Gasteiger partial charge in [-0.1, -0.05) is 0 Å². The second kappa shape index (κ2) is 6.27. The van der Waals surface area contributed by atoms with Crippen LogP contribution in [0.1, 0.15) is 23.1 Å². The van der Waals surface area contributed by atoms with Crippen LogP contribution in [-0.4, -0.2) is 34.1 Å². The molecule has 3 rings (SSSR count).